The molecule has 0 aromatic carbocycles. The average molecular weight is 275 g/mol. The van der Waals surface area contributed by atoms with Gasteiger partial charge in [0.15, 0.2) is 0 Å². The summed E-state index contributed by atoms with van der Waals surface area (Å²) in [6.45, 7) is 9.47. The van der Waals surface area contributed by atoms with E-state index in [-0.39, 0.29) is 23.7 Å². The van der Waals surface area contributed by atoms with Gasteiger partial charge in [0, 0.05) is 1.43 Å². The molecule has 2 saturated carbocycles. The van der Waals surface area contributed by atoms with Gasteiger partial charge in [-0.3, -0.25) is 0 Å². The molecule has 2 fully saturated rings. The smallest absolute Gasteiger partial charge is 0 e. The molecule has 0 N–H and O–H groups in total. The van der Waals surface area contributed by atoms with E-state index in [9.17, 15) is 0 Å². The molecule has 0 aromatic rings. The van der Waals surface area contributed by atoms with Crippen LogP contribution in [0.4, 0.5) is 0 Å². The summed E-state index contributed by atoms with van der Waals surface area (Å²) in [5, 5.41) is 0. The molecule has 2 aliphatic rings. The number of hydrogen-bond donors (Lipinski definition) is 0. The van der Waals surface area contributed by atoms with Gasteiger partial charge >= 0.3 is 0 Å². The van der Waals surface area contributed by atoms with Crippen molar-refractivity contribution in [2.24, 2.45) is 23.7 Å². The van der Waals surface area contributed by atoms with E-state index in [4.69, 9.17) is 0 Å². The van der Waals surface area contributed by atoms with E-state index in [1.54, 1.807) is 0 Å². The zero-order valence-corrected chi connectivity index (χ0v) is 12.0. The van der Waals surface area contributed by atoms with Crippen molar-refractivity contribution in [3.8, 4) is 0 Å². The summed E-state index contributed by atoms with van der Waals surface area (Å²) >= 11 is 0. The predicted molar refractivity (Wildman–Crippen MR) is 95.9 cm³/mol. The topological polar surface area (TPSA) is 0 Å². The molecule has 0 heteroatoms. The summed E-state index contributed by atoms with van der Waals surface area (Å²) in [6, 6.07) is 0. The van der Waals surface area contributed by atoms with Gasteiger partial charge in [-0.1, -0.05) is 101 Å². The Morgan fingerprint density at radius 1 is 0.421 bits per heavy atom. The highest BCUT2D eigenvalue weighted by atomic mass is 14.2. The van der Waals surface area contributed by atoms with Gasteiger partial charge in [-0.05, 0) is 23.7 Å². The Morgan fingerprint density at radius 3 is 0.632 bits per heavy atom. The summed E-state index contributed by atoms with van der Waals surface area (Å²) < 4.78 is 0. The van der Waals surface area contributed by atoms with Crippen LogP contribution in [0.2, 0.25) is 0 Å². The molecule has 0 nitrogen and oxygen atoms in total. The highest BCUT2D eigenvalue weighted by Gasteiger charge is 2.13. The van der Waals surface area contributed by atoms with E-state index in [0.717, 1.165) is 23.7 Å². The van der Waals surface area contributed by atoms with Crippen molar-refractivity contribution < 1.29 is 1.43 Å². The largest absolute Gasteiger partial charge is 0.0776 e. The molecule has 19 heavy (non-hydrogen) atoms. The van der Waals surface area contributed by atoms with Gasteiger partial charge in [0.05, 0.1) is 0 Å². The minimum atomic E-state index is 0. The van der Waals surface area contributed by atoms with Gasteiger partial charge < -0.3 is 0 Å². The lowest BCUT2D eigenvalue weighted by molar-refractivity contribution is 0.308. The quantitative estimate of drug-likeness (QED) is 0.422. The van der Waals surface area contributed by atoms with E-state index in [0.29, 0.717) is 0 Å². The van der Waals surface area contributed by atoms with Crippen molar-refractivity contribution in [2.75, 3.05) is 0 Å². The van der Waals surface area contributed by atoms with Gasteiger partial charge in [-0.25, -0.2) is 0 Å². The average Bonchev–Trinajstić information content (AvgIpc) is 2.28. The molecule has 0 saturated heterocycles. The normalized spacial score (nSPS) is 33.5. The molecule has 122 valence electrons. The maximum Gasteiger partial charge on any atom is 0 e. The lowest BCUT2D eigenvalue weighted by Gasteiger charge is -2.22. The number of hydrogen-bond acceptors (Lipinski definition) is 0. The van der Waals surface area contributed by atoms with Gasteiger partial charge in [0.1, 0.15) is 0 Å². The first-order chi connectivity index (χ1) is 7.58. The first kappa shape index (κ1) is 24.0. The van der Waals surface area contributed by atoms with Crippen LogP contribution in [0.5, 0.6) is 0 Å². The highest BCUT2D eigenvalue weighted by molar-refractivity contribution is 4.66. The van der Waals surface area contributed by atoms with Crippen LogP contribution in [-0.2, 0) is 0 Å². The van der Waals surface area contributed by atoms with E-state index in [2.05, 4.69) is 27.7 Å². The van der Waals surface area contributed by atoms with Crippen LogP contribution in [0.25, 0.3) is 0 Å². The van der Waals surface area contributed by atoms with Crippen molar-refractivity contribution in [1.29, 1.82) is 0 Å². The zero-order chi connectivity index (χ0) is 12.0. The van der Waals surface area contributed by atoms with Gasteiger partial charge in [-0.2, -0.15) is 0 Å². The van der Waals surface area contributed by atoms with Gasteiger partial charge in [0.2, 0.25) is 0 Å². The van der Waals surface area contributed by atoms with Crippen molar-refractivity contribution in [2.45, 2.75) is 101 Å². The minimum absolute atomic E-state index is 0. The zero-order valence-electron chi connectivity index (χ0n) is 12.0. The van der Waals surface area contributed by atoms with Crippen molar-refractivity contribution in [3.63, 3.8) is 0 Å². The monoisotopic (exact) mass is 274 g/mol. The standard InChI is InChI=1S/2C8H16.3CH4.H2/c2*1-7-3-5-8(2)6-4-7;;;;/h2*7-8H,3-6H2,1-2H3;3*1H4;1H. The molecular formula is C19H46. The fourth-order valence-corrected chi connectivity index (χ4v) is 2.85. The summed E-state index contributed by atoms with van der Waals surface area (Å²) in [5.74, 6) is 4.08. The first-order valence-corrected chi connectivity index (χ1v) is 7.58. The van der Waals surface area contributed by atoms with Crippen molar-refractivity contribution in [1.82, 2.24) is 0 Å². The summed E-state index contributed by atoms with van der Waals surface area (Å²) in [6.07, 6.45) is 11.8. The molecule has 0 radical (unpaired) electrons. The molecule has 0 aliphatic heterocycles. The third kappa shape index (κ3) is 11.5. The lowest BCUT2D eigenvalue weighted by Crippen LogP contribution is -2.08. The molecule has 0 atom stereocenters. The van der Waals surface area contributed by atoms with Crippen LogP contribution in [0.1, 0.15) is 103 Å². The lowest BCUT2D eigenvalue weighted by atomic mass is 9.84. The Kier molecular flexibility index (Phi) is 16.5. The van der Waals surface area contributed by atoms with Crippen LogP contribution < -0.4 is 0 Å². The van der Waals surface area contributed by atoms with E-state index >= 15 is 0 Å². The van der Waals surface area contributed by atoms with Crippen LogP contribution in [0, 0.1) is 23.7 Å². The molecular weight excluding hydrogens is 228 g/mol. The van der Waals surface area contributed by atoms with E-state index in [1.165, 1.54) is 51.4 Å². The summed E-state index contributed by atoms with van der Waals surface area (Å²) in [4.78, 5) is 0. The maximum atomic E-state index is 2.37. The van der Waals surface area contributed by atoms with Crippen LogP contribution in [-0.4, -0.2) is 0 Å². The number of rotatable bonds is 0. The van der Waals surface area contributed by atoms with E-state index in [1.807, 2.05) is 0 Å². The Morgan fingerprint density at radius 2 is 0.526 bits per heavy atom. The molecule has 0 unspecified atom stereocenters. The van der Waals surface area contributed by atoms with Gasteiger partial charge in [0.25, 0.3) is 0 Å². The highest BCUT2D eigenvalue weighted by Crippen LogP contribution is 2.27. The second kappa shape index (κ2) is 13.0. The molecule has 0 bridgehead atoms. The second-order valence-corrected chi connectivity index (χ2v) is 6.73. The summed E-state index contributed by atoms with van der Waals surface area (Å²) in [7, 11) is 0. The fourth-order valence-electron chi connectivity index (χ4n) is 2.85. The van der Waals surface area contributed by atoms with Crippen molar-refractivity contribution in [3.05, 3.63) is 0 Å². The molecule has 0 spiro atoms. The molecule has 0 amide bonds. The fraction of sp³-hybridized carbons (Fsp3) is 1.00. The molecule has 0 aromatic heterocycles. The summed E-state index contributed by atoms with van der Waals surface area (Å²) in [5.41, 5.74) is 0. The molecule has 2 aliphatic carbocycles. The molecule has 0 heterocycles. The predicted octanol–water partition coefficient (Wildman–Crippen LogP) is 7.82. The van der Waals surface area contributed by atoms with Crippen molar-refractivity contribution >= 4 is 0 Å². The Balaban J connectivity index is -0.000000107. The second-order valence-electron chi connectivity index (χ2n) is 6.73. The maximum absolute atomic E-state index is 2.37. The minimum Gasteiger partial charge on any atom is -0.0776 e. The Labute approximate surface area is 127 Å². The Bertz CT molecular complexity index is 123. The molecule has 2 rings (SSSR count). The van der Waals surface area contributed by atoms with Crippen LogP contribution >= 0.6 is 0 Å². The van der Waals surface area contributed by atoms with Crippen LogP contribution in [0.3, 0.4) is 0 Å². The third-order valence-corrected chi connectivity index (χ3v) is 4.61. The Hall–Kier alpha value is 0. The van der Waals surface area contributed by atoms with E-state index < -0.39 is 0 Å². The third-order valence-electron chi connectivity index (χ3n) is 4.61. The van der Waals surface area contributed by atoms with Gasteiger partial charge in [-0.15, -0.1) is 0 Å². The SMILES string of the molecule is C.C.C.CC1CCC(C)CC1.CC1CCC(C)CC1.[HH]. The first-order valence-electron chi connectivity index (χ1n) is 7.58. The van der Waals surface area contributed by atoms with Crippen LogP contribution in [0.15, 0.2) is 0 Å².